The minimum Gasteiger partial charge on any atom is -0.361 e. The zero-order valence-electron chi connectivity index (χ0n) is 19.1. The zero-order chi connectivity index (χ0) is 24.7. The van der Waals surface area contributed by atoms with E-state index in [9.17, 15) is 18.0 Å². The third kappa shape index (κ3) is 3.96. The number of pyridine rings is 1. The maximum absolute atomic E-state index is 13.3. The van der Waals surface area contributed by atoms with Gasteiger partial charge in [0.25, 0.3) is 5.56 Å². The molecule has 0 aliphatic heterocycles. The van der Waals surface area contributed by atoms with Crippen molar-refractivity contribution in [1.29, 1.82) is 0 Å². The first-order valence-corrected chi connectivity index (χ1v) is 12.4. The van der Waals surface area contributed by atoms with E-state index in [-0.39, 0.29) is 28.4 Å². The van der Waals surface area contributed by atoms with Crippen LogP contribution in [0.25, 0.3) is 21.9 Å². The number of para-hydroxylation sites is 1. The number of aromatic amines is 1. The van der Waals surface area contributed by atoms with Gasteiger partial charge in [-0.15, -0.1) is 0 Å². The molecule has 1 atom stereocenters. The molecule has 178 valence electrons. The maximum atomic E-state index is 13.3. The number of hydrogen-bond acceptors (Lipinski definition) is 5. The topological polar surface area (TPSA) is 119 Å². The van der Waals surface area contributed by atoms with Crippen molar-refractivity contribution in [3.8, 4) is 0 Å². The Hall–Kier alpha value is -4.02. The Bertz CT molecular complexity index is 1790. The van der Waals surface area contributed by atoms with Gasteiger partial charge in [0.05, 0.1) is 5.39 Å². The molecule has 0 unspecified atom stereocenters. The molecule has 9 nitrogen and oxygen atoms in total. The highest BCUT2D eigenvalue weighted by molar-refractivity contribution is 7.89. The molecular formula is C25H23N5O4S. The molecule has 3 heterocycles. The van der Waals surface area contributed by atoms with Crippen molar-refractivity contribution in [2.24, 2.45) is 14.1 Å². The molecule has 3 aromatic heterocycles. The average molecular weight is 490 g/mol. The first-order valence-electron chi connectivity index (χ1n) is 10.9. The molecule has 0 aliphatic carbocycles. The van der Waals surface area contributed by atoms with Crippen LogP contribution in [-0.2, 0) is 24.1 Å². The van der Waals surface area contributed by atoms with Crippen molar-refractivity contribution >= 4 is 32.0 Å². The Morgan fingerprint density at radius 1 is 0.971 bits per heavy atom. The first-order chi connectivity index (χ1) is 16.8. The van der Waals surface area contributed by atoms with Crippen molar-refractivity contribution in [2.45, 2.75) is 10.8 Å². The van der Waals surface area contributed by atoms with Gasteiger partial charge in [-0.1, -0.05) is 48.5 Å². The van der Waals surface area contributed by atoms with Crippen LogP contribution in [0.15, 0.2) is 87.5 Å². The first kappa shape index (κ1) is 22.8. The lowest BCUT2D eigenvalue weighted by Crippen LogP contribution is -2.37. The summed E-state index contributed by atoms with van der Waals surface area (Å²) in [6.45, 7) is 0.0948. The van der Waals surface area contributed by atoms with Crippen LogP contribution in [-0.4, -0.2) is 34.1 Å². The predicted octanol–water partition coefficient (Wildman–Crippen LogP) is 2.22. The molecule has 0 aliphatic rings. The number of hydrogen-bond donors (Lipinski definition) is 2. The number of nitrogens with one attached hydrogen (secondary N) is 2. The van der Waals surface area contributed by atoms with Crippen LogP contribution >= 0.6 is 0 Å². The molecule has 35 heavy (non-hydrogen) atoms. The molecule has 0 bridgehead atoms. The molecule has 0 fully saturated rings. The maximum Gasteiger partial charge on any atom is 0.332 e. The molecule has 5 rings (SSSR count). The number of sulfonamides is 1. The van der Waals surface area contributed by atoms with E-state index < -0.39 is 21.3 Å². The monoisotopic (exact) mass is 489 g/mol. The molecule has 5 aromatic rings. The van der Waals surface area contributed by atoms with Gasteiger partial charge in [0.1, 0.15) is 10.5 Å². The molecule has 0 saturated heterocycles. The number of fused-ring (bicyclic) bond motifs is 2. The zero-order valence-corrected chi connectivity index (χ0v) is 19.9. The second-order valence-corrected chi connectivity index (χ2v) is 10.1. The van der Waals surface area contributed by atoms with Crippen molar-refractivity contribution < 1.29 is 8.42 Å². The van der Waals surface area contributed by atoms with E-state index in [1.807, 2.05) is 60.8 Å². The summed E-state index contributed by atoms with van der Waals surface area (Å²) in [5, 5.41) is 1.06. The third-order valence-electron chi connectivity index (χ3n) is 6.25. The van der Waals surface area contributed by atoms with Crippen molar-refractivity contribution in [2.75, 3.05) is 6.54 Å². The summed E-state index contributed by atoms with van der Waals surface area (Å²) in [4.78, 5) is 32.0. The Kier molecular flexibility index (Phi) is 5.62. The Balaban J connectivity index is 1.53. The van der Waals surface area contributed by atoms with E-state index in [0.717, 1.165) is 32.8 Å². The highest BCUT2D eigenvalue weighted by atomic mass is 32.2. The fourth-order valence-electron chi connectivity index (χ4n) is 4.34. The van der Waals surface area contributed by atoms with Crippen LogP contribution in [0.5, 0.6) is 0 Å². The van der Waals surface area contributed by atoms with Crippen molar-refractivity contribution in [1.82, 2.24) is 23.8 Å². The Labute approximate surface area is 200 Å². The van der Waals surface area contributed by atoms with Gasteiger partial charge in [0.2, 0.25) is 10.0 Å². The van der Waals surface area contributed by atoms with E-state index in [1.165, 1.54) is 24.7 Å². The lowest BCUT2D eigenvalue weighted by Gasteiger charge is -2.18. The normalized spacial score (nSPS) is 12.9. The predicted molar refractivity (Wildman–Crippen MR) is 134 cm³/mol. The van der Waals surface area contributed by atoms with Crippen molar-refractivity contribution in [3.63, 3.8) is 0 Å². The molecular weight excluding hydrogens is 466 g/mol. The minimum absolute atomic E-state index is 0.0497. The minimum atomic E-state index is -4.01. The van der Waals surface area contributed by atoms with E-state index in [2.05, 4.69) is 14.7 Å². The molecule has 10 heteroatoms. The van der Waals surface area contributed by atoms with Gasteiger partial charge in [-0.05, 0) is 23.3 Å². The number of H-pyrrole nitrogens is 1. The summed E-state index contributed by atoms with van der Waals surface area (Å²) in [5.41, 5.74) is 1.88. The summed E-state index contributed by atoms with van der Waals surface area (Å²) in [6, 6.07) is 18.8. The fraction of sp³-hybridized carbons (Fsp3) is 0.160. The van der Waals surface area contributed by atoms with Crippen LogP contribution in [0.3, 0.4) is 0 Å². The molecule has 2 N–H and O–H groups in total. The average Bonchev–Trinajstić information content (AvgIpc) is 3.30. The van der Waals surface area contributed by atoms with Gasteiger partial charge in [0, 0.05) is 49.9 Å². The number of benzene rings is 2. The van der Waals surface area contributed by atoms with Gasteiger partial charge < -0.3 is 4.98 Å². The van der Waals surface area contributed by atoms with Crippen LogP contribution in [0, 0.1) is 0 Å². The Morgan fingerprint density at radius 2 is 1.69 bits per heavy atom. The lowest BCUT2D eigenvalue weighted by atomic mass is 9.91. The van der Waals surface area contributed by atoms with Crippen LogP contribution in [0.4, 0.5) is 0 Å². The summed E-state index contributed by atoms with van der Waals surface area (Å²) < 4.78 is 31.3. The Morgan fingerprint density at radius 3 is 2.46 bits per heavy atom. The van der Waals surface area contributed by atoms with Crippen LogP contribution < -0.4 is 16.0 Å². The number of nitrogens with zero attached hydrogens (tertiary/aromatic N) is 3. The second-order valence-electron chi connectivity index (χ2n) is 8.35. The highest BCUT2D eigenvalue weighted by Gasteiger charge is 2.23. The summed E-state index contributed by atoms with van der Waals surface area (Å²) >= 11 is 0. The molecule has 0 spiro atoms. The summed E-state index contributed by atoms with van der Waals surface area (Å²) in [7, 11) is -1.19. The molecule has 2 aromatic carbocycles. The van der Waals surface area contributed by atoms with Crippen LogP contribution in [0.2, 0.25) is 0 Å². The van der Waals surface area contributed by atoms with Gasteiger partial charge in [-0.2, -0.15) is 0 Å². The van der Waals surface area contributed by atoms with Gasteiger partial charge >= 0.3 is 5.69 Å². The quantitative estimate of drug-likeness (QED) is 0.379. The van der Waals surface area contributed by atoms with E-state index >= 15 is 0 Å². The van der Waals surface area contributed by atoms with E-state index in [0.29, 0.717) is 0 Å². The standard InChI is InChI=1S/C25H23N5O4S/c1-29-23-19(24(31)30(2)25(29)32)12-17(13-27-23)35(33,34)28-15-20(16-8-4-3-5-9-16)21-14-26-22-11-7-6-10-18(21)22/h3-14,20,26,28H,15H2,1-2H3/t20-/m0/s1. The highest BCUT2D eigenvalue weighted by Crippen LogP contribution is 2.30. The van der Waals surface area contributed by atoms with Crippen LogP contribution in [0.1, 0.15) is 17.0 Å². The van der Waals surface area contributed by atoms with E-state index in [4.69, 9.17) is 0 Å². The summed E-state index contributed by atoms with van der Waals surface area (Å²) in [5.74, 6) is -0.260. The number of aryl methyl sites for hydroxylation is 1. The van der Waals surface area contributed by atoms with E-state index in [1.54, 1.807) is 0 Å². The number of aromatic nitrogens is 4. The SMILES string of the molecule is Cn1c(=O)c2cc(S(=O)(=O)NC[C@@H](c3ccccc3)c3c[nH]c4ccccc34)cnc2n(C)c1=O. The third-order valence-corrected chi connectivity index (χ3v) is 7.65. The van der Waals surface area contributed by atoms with Crippen molar-refractivity contribution in [3.05, 3.63) is 105 Å². The van der Waals surface area contributed by atoms with Gasteiger partial charge in [0.15, 0.2) is 0 Å². The number of rotatable bonds is 6. The van der Waals surface area contributed by atoms with Gasteiger partial charge in [-0.3, -0.25) is 13.9 Å². The largest absolute Gasteiger partial charge is 0.361 e. The molecule has 0 radical (unpaired) electrons. The second kappa shape index (κ2) is 8.64. The summed E-state index contributed by atoms with van der Waals surface area (Å²) in [6.07, 6.45) is 3.06. The van der Waals surface area contributed by atoms with Gasteiger partial charge in [-0.25, -0.2) is 22.9 Å². The molecule has 0 amide bonds. The lowest BCUT2D eigenvalue weighted by molar-refractivity contribution is 0.577. The molecule has 0 saturated carbocycles. The smallest absolute Gasteiger partial charge is 0.332 e. The fourth-order valence-corrected chi connectivity index (χ4v) is 5.36.